The molecule has 1 amide bonds. The van der Waals surface area contributed by atoms with Gasteiger partial charge in [-0.25, -0.2) is 8.78 Å². The molecule has 2 aromatic rings. The molecule has 1 saturated carbocycles. The molecule has 154 valence electrons. The second kappa shape index (κ2) is 9.72. The summed E-state index contributed by atoms with van der Waals surface area (Å²) in [5.74, 6) is -1.08. The first kappa shape index (κ1) is 21.8. The van der Waals surface area contributed by atoms with Crippen molar-refractivity contribution in [2.75, 3.05) is 5.32 Å². The van der Waals surface area contributed by atoms with E-state index in [4.69, 9.17) is 11.6 Å². The number of benzene rings is 2. The average Bonchev–Trinajstić information content (AvgIpc) is 2.72. The van der Waals surface area contributed by atoms with Gasteiger partial charge in [0.25, 0.3) is 5.91 Å². The average molecular weight is 438 g/mol. The maximum Gasteiger partial charge on any atom is 0.255 e. The van der Waals surface area contributed by atoms with E-state index in [2.05, 4.69) is 5.32 Å². The first-order valence-electron chi connectivity index (χ1n) is 9.62. The molecular weight excluding hydrogens is 416 g/mol. The van der Waals surface area contributed by atoms with Crippen LogP contribution in [0, 0.1) is 17.6 Å². The van der Waals surface area contributed by atoms with Crippen molar-refractivity contribution in [3.05, 3.63) is 58.6 Å². The number of carbonyl (C=O) groups excluding carboxylic acids is 2. The molecule has 7 heteroatoms. The van der Waals surface area contributed by atoms with Gasteiger partial charge in [0.2, 0.25) is 0 Å². The minimum atomic E-state index is -0.572. The van der Waals surface area contributed by atoms with Crippen LogP contribution in [0.2, 0.25) is 5.02 Å². The molecule has 2 atom stereocenters. The third-order valence-electron chi connectivity index (χ3n) is 5.09. The molecule has 29 heavy (non-hydrogen) atoms. The van der Waals surface area contributed by atoms with Crippen molar-refractivity contribution in [2.45, 2.75) is 49.2 Å². The molecule has 1 aliphatic rings. The standard InChI is InChI=1S/C22H22ClF2NO2S/c1-2-20(27)13-4-3-5-16(10-13)29-21-11-14(6-8-19(21)25)22(28)26-15-7-9-18(24)17(23)12-15/h6-9,11-13,16H,2-5,10H2,1H3,(H,26,28)/t13-,16?/m1/s1. The van der Waals surface area contributed by atoms with Crippen LogP contribution in [0.4, 0.5) is 14.5 Å². The summed E-state index contributed by atoms with van der Waals surface area (Å²) >= 11 is 7.13. The monoisotopic (exact) mass is 437 g/mol. The predicted octanol–water partition coefficient (Wildman–Crippen LogP) is 6.50. The second-order valence-electron chi connectivity index (χ2n) is 7.15. The molecular formula is C22H22ClF2NO2S. The zero-order valence-corrected chi connectivity index (χ0v) is 17.6. The minimum absolute atomic E-state index is 0.0454. The third-order valence-corrected chi connectivity index (χ3v) is 6.71. The van der Waals surface area contributed by atoms with Gasteiger partial charge in [0.05, 0.1) is 5.02 Å². The van der Waals surface area contributed by atoms with E-state index in [1.54, 1.807) is 0 Å². The van der Waals surface area contributed by atoms with Crippen LogP contribution in [0.25, 0.3) is 0 Å². The zero-order valence-electron chi connectivity index (χ0n) is 16.0. The Morgan fingerprint density at radius 3 is 2.62 bits per heavy atom. The highest BCUT2D eigenvalue weighted by molar-refractivity contribution is 8.00. The molecule has 0 heterocycles. The number of amides is 1. The topological polar surface area (TPSA) is 46.2 Å². The lowest BCUT2D eigenvalue weighted by molar-refractivity contribution is -0.123. The molecule has 0 saturated heterocycles. The van der Waals surface area contributed by atoms with Crippen molar-refractivity contribution in [2.24, 2.45) is 5.92 Å². The quantitative estimate of drug-likeness (QED) is 0.561. The Kier molecular flexibility index (Phi) is 7.30. The van der Waals surface area contributed by atoms with Crippen LogP contribution in [0.1, 0.15) is 49.4 Å². The predicted molar refractivity (Wildman–Crippen MR) is 113 cm³/mol. The Hall–Kier alpha value is -1.92. The van der Waals surface area contributed by atoms with Crippen LogP contribution in [0.5, 0.6) is 0 Å². The fraction of sp³-hybridized carbons (Fsp3) is 0.364. The first-order chi connectivity index (χ1) is 13.9. The lowest BCUT2D eigenvalue weighted by Gasteiger charge is -2.27. The number of rotatable bonds is 6. The Bertz CT molecular complexity index is 922. The first-order valence-corrected chi connectivity index (χ1v) is 10.9. The summed E-state index contributed by atoms with van der Waals surface area (Å²) in [6.07, 6.45) is 4.03. The van der Waals surface area contributed by atoms with E-state index in [0.717, 1.165) is 25.7 Å². The van der Waals surface area contributed by atoms with Crippen molar-refractivity contribution >= 4 is 40.7 Å². The van der Waals surface area contributed by atoms with Gasteiger partial charge in [-0.15, -0.1) is 11.8 Å². The van der Waals surface area contributed by atoms with Crippen molar-refractivity contribution < 1.29 is 18.4 Å². The molecule has 0 aliphatic heterocycles. The van der Waals surface area contributed by atoms with Crippen molar-refractivity contribution in [3.8, 4) is 0 Å². The normalized spacial score (nSPS) is 19.0. The number of halogens is 3. The molecule has 1 N–H and O–H groups in total. The van der Waals surface area contributed by atoms with Crippen LogP contribution in [0.15, 0.2) is 41.3 Å². The van der Waals surface area contributed by atoms with E-state index in [0.29, 0.717) is 22.6 Å². The minimum Gasteiger partial charge on any atom is -0.322 e. The van der Waals surface area contributed by atoms with Crippen LogP contribution >= 0.6 is 23.4 Å². The summed E-state index contributed by atoms with van der Waals surface area (Å²) in [4.78, 5) is 24.9. The maximum absolute atomic E-state index is 14.4. The van der Waals surface area contributed by atoms with Crippen molar-refractivity contribution in [3.63, 3.8) is 0 Å². The number of Topliss-reactive ketones (excluding diaryl/α,β-unsaturated/α-hetero) is 1. The number of hydrogen-bond acceptors (Lipinski definition) is 3. The Balaban J connectivity index is 1.71. The number of carbonyl (C=O) groups is 2. The number of ketones is 1. The highest BCUT2D eigenvalue weighted by atomic mass is 35.5. The molecule has 0 bridgehead atoms. The van der Waals surface area contributed by atoms with E-state index >= 15 is 0 Å². The van der Waals surface area contributed by atoms with Crippen LogP contribution in [-0.2, 0) is 4.79 Å². The molecule has 0 aromatic heterocycles. The van der Waals surface area contributed by atoms with Crippen LogP contribution < -0.4 is 5.32 Å². The number of nitrogens with one attached hydrogen (secondary N) is 1. The van der Waals surface area contributed by atoms with Gasteiger partial charge in [-0.1, -0.05) is 24.9 Å². The van der Waals surface area contributed by atoms with E-state index in [9.17, 15) is 18.4 Å². The Morgan fingerprint density at radius 2 is 1.90 bits per heavy atom. The van der Waals surface area contributed by atoms with Crippen LogP contribution in [0.3, 0.4) is 0 Å². The number of hydrogen-bond donors (Lipinski definition) is 1. The Morgan fingerprint density at radius 1 is 1.14 bits per heavy atom. The smallest absolute Gasteiger partial charge is 0.255 e. The van der Waals surface area contributed by atoms with Gasteiger partial charge in [-0.3, -0.25) is 9.59 Å². The molecule has 0 spiro atoms. The van der Waals surface area contributed by atoms with Gasteiger partial charge in [0.15, 0.2) is 0 Å². The summed E-state index contributed by atoms with van der Waals surface area (Å²) in [6.45, 7) is 1.87. The van der Waals surface area contributed by atoms with Gasteiger partial charge in [0.1, 0.15) is 17.4 Å². The summed E-state index contributed by atoms with van der Waals surface area (Å²) in [7, 11) is 0. The van der Waals surface area contributed by atoms with Gasteiger partial charge >= 0.3 is 0 Å². The van der Waals surface area contributed by atoms with Gasteiger partial charge in [0, 0.05) is 33.7 Å². The van der Waals surface area contributed by atoms with Gasteiger partial charge in [-0.2, -0.15) is 0 Å². The molecule has 0 radical (unpaired) electrons. The number of anilines is 1. The Labute approximate surface area is 178 Å². The lowest BCUT2D eigenvalue weighted by atomic mass is 9.85. The fourth-order valence-electron chi connectivity index (χ4n) is 3.52. The lowest BCUT2D eigenvalue weighted by Crippen LogP contribution is -2.24. The summed E-state index contributed by atoms with van der Waals surface area (Å²) in [5.41, 5.74) is 0.652. The van der Waals surface area contributed by atoms with E-state index in [1.807, 2.05) is 6.92 Å². The largest absolute Gasteiger partial charge is 0.322 e. The SMILES string of the molecule is CCC(=O)[C@@H]1CCCC(Sc2cc(C(=O)Nc3ccc(F)c(Cl)c3)ccc2F)C1. The third kappa shape index (κ3) is 5.58. The molecule has 1 fully saturated rings. The molecule has 2 aromatic carbocycles. The summed E-state index contributed by atoms with van der Waals surface area (Å²) in [6, 6.07) is 8.09. The molecule has 1 aliphatic carbocycles. The van der Waals surface area contributed by atoms with Gasteiger partial charge < -0.3 is 5.32 Å². The zero-order chi connectivity index (χ0) is 21.0. The highest BCUT2D eigenvalue weighted by Gasteiger charge is 2.27. The van der Waals surface area contributed by atoms with Gasteiger partial charge in [-0.05, 0) is 55.7 Å². The summed E-state index contributed by atoms with van der Waals surface area (Å²) < 4.78 is 27.6. The van der Waals surface area contributed by atoms with Crippen molar-refractivity contribution in [1.82, 2.24) is 0 Å². The van der Waals surface area contributed by atoms with E-state index < -0.39 is 11.7 Å². The molecule has 1 unspecified atom stereocenters. The maximum atomic E-state index is 14.4. The fourth-order valence-corrected chi connectivity index (χ4v) is 5.05. The van der Waals surface area contributed by atoms with E-state index in [-0.39, 0.29) is 27.8 Å². The summed E-state index contributed by atoms with van der Waals surface area (Å²) in [5, 5.41) is 2.69. The van der Waals surface area contributed by atoms with Crippen molar-refractivity contribution in [1.29, 1.82) is 0 Å². The molecule has 3 nitrogen and oxygen atoms in total. The van der Waals surface area contributed by atoms with E-state index in [1.165, 1.54) is 48.2 Å². The number of thioether (sulfide) groups is 1. The van der Waals surface area contributed by atoms with Crippen LogP contribution in [-0.4, -0.2) is 16.9 Å². The molecule has 3 rings (SSSR count). The second-order valence-corrected chi connectivity index (χ2v) is 8.90. The highest BCUT2D eigenvalue weighted by Crippen LogP contribution is 2.38.